The summed E-state index contributed by atoms with van der Waals surface area (Å²) in [6.45, 7) is 2.18. The summed E-state index contributed by atoms with van der Waals surface area (Å²) >= 11 is 0. The molecule has 128 valence electrons. The largest absolute Gasteiger partial charge is 0.462 e. The van der Waals surface area contributed by atoms with Crippen LogP contribution in [0.15, 0.2) is 42.5 Å². The Morgan fingerprint density at radius 1 is 1.20 bits per heavy atom. The Kier molecular flexibility index (Phi) is 4.04. The summed E-state index contributed by atoms with van der Waals surface area (Å²) in [4.78, 5) is 25.9. The number of nitrogens with zero attached hydrogens (tertiary/aromatic N) is 1. The highest BCUT2D eigenvalue weighted by Crippen LogP contribution is 2.52. The molecule has 0 amide bonds. The van der Waals surface area contributed by atoms with E-state index in [1.54, 1.807) is 0 Å². The van der Waals surface area contributed by atoms with Gasteiger partial charge in [0.1, 0.15) is 6.29 Å². The van der Waals surface area contributed by atoms with Crippen molar-refractivity contribution < 1.29 is 14.3 Å². The number of anilines is 2. The highest BCUT2D eigenvalue weighted by Gasteiger charge is 2.43. The van der Waals surface area contributed by atoms with Crippen molar-refractivity contribution in [3.05, 3.63) is 59.2 Å². The molecule has 0 aromatic heterocycles. The third-order valence-corrected chi connectivity index (χ3v) is 5.32. The van der Waals surface area contributed by atoms with Crippen molar-refractivity contribution in [1.82, 2.24) is 0 Å². The number of esters is 1. The molecule has 2 unspecified atom stereocenters. The minimum Gasteiger partial charge on any atom is -0.462 e. The Bertz CT molecular complexity index is 830. The lowest BCUT2D eigenvalue weighted by Crippen LogP contribution is -2.28. The van der Waals surface area contributed by atoms with Crippen LogP contribution >= 0.6 is 0 Å². The number of carbonyl (C=O) groups excluding carboxylic acids is 2. The molecule has 2 aromatic rings. The molecule has 25 heavy (non-hydrogen) atoms. The molecule has 1 heterocycles. The van der Waals surface area contributed by atoms with Crippen LogP contribution in [-0.4, -0.2) is 24.9 Å². The first-order valence-electron chi connectivity index (χ1n) is 8.89. The highest BCUT2D eigenvalue weighted by molar-refractivity contribution is 5.98. The maximum atomic E-state index is 12.4. The lowest BCUT2D eigenvalue weighted by molar-refractivity contribution is 0.0527. The minimum absolute atomic E-state index is 0.286. The van der Waals surface area contributed by atoms with Crippen LogP contribution in [0.4, 0.5) is 11.4 Å². The van der Waals surface area contributed by atoms with Crippen LogP contribution < -0.4 is 4.90 Å². The molecule has 1 saturated carbocycles. The molecule has 4 heteroatoms. The number of fused-ring (bicyclic) bond motifs is 3. The molecule has 2 aromatic carbocycles. The van der Waals surface area contributed by atoms with E-state index in [9.17, 15) is 9.59 Å². The number of carbonyl (C=O) groups is 2. The van der Waals surface area contributed by atoms with E-state index >= 15 is 0 Å². The van der Waals surface area contributed by atoms with E-state index in [1.807, 2.05) is 49.4 Å². The molecule has 2 atom stereocenters. The molecular weight excluding hydrogens is 314 g/mol. The van der Waals surface area contributed by atoms with Crippen molar-refractivity contribution in [2.24, 2.45) is 0 Å². The number of hydrogen-bond acceptors (Lipinski definition) is 4. The fourth-order valence-electron chi connectivity index (χ4n) is 4.33. The summed E-state index contributed by atoms with van der Waals surface area (Å²) in [7, 11) is 0. The minimum atomic E-state index is -0.286. The summed E-state index contributed by atoms with van der Waals surface area (Å²) in [5.41, 5.74) is 4.55. The van der Waals surface area contributed by atoms with E-state index < -0.39 is 0 Å². The predicted octanol–water partition coefficient (Wildman–Crippen LogP) is 4.46. The van der Waals surface area contributed by atoms with Gasteiger partial charge in [-0.25, -0.2) is 4.79 Å². The van der Waals surface area contributed by atoms with Gasteiger partial charge in [0, 0.05) is 23.2 Å². The topological polar surface area (TPSA) is 46.6 Å². The van der Waals surface area contributed by atoms with E-state index in [1.165, 1.54) is 5.56 Å². The first-order chi connectivity index (χ1) is 12.2. The Morgan fingerprint density at radius 2 is 2.04 bits per heavy atom. The predicted molar refractivity (Wildman–Crippen MR) is 96.7 cm³/mol. The monoisotopic (exact) mass is 335 g/mol. The van der Waals surface area contributed by atoms with Crippen LogP contribution in [0.3, 0.4) is 0 Å². The van der Waals surface area contributed by atoms with E-state index in [4.69, 9.17) is 4.74 Å². The highest BCUT2D eigenvalue weighted by atomic mass is 16.5. The average Bonchev–Trinajstić information content (AvgIpc) is 3.22. The molecule has 0 spiro atoms. The summed E-state index contributed by atoms with van der Waals surface area (Å²) in [6, 6.07) is 13.9. The van der Waals surface area contributed by atoms with E-state index in [0.29, 0.717) is 29.7 Å². The van der Waals surface area contributed by atoms with Crippen LogP contribution in [0.25, 0.3) is 0 Å². The Morgan fingerprint density at radius 3 is 2.84 bits per heavy atom. The van der Waals surface area contributed by atoms with Gasteiger partial charge in [0.25, 0.3) is 0 Å². The molecule has 1 aliphatic heterocycles. The van der Waals surface area contributed by atoms with Crippen LogP contribution in [0, 0.1) is 0 Å². The van der Waals surface area contributed by atoms with Gasteiger partial charge in [-0.1, -0.05) is 18.6 Å². The molecule has 0 bridgehead atoms. The van der Waals surface area contributed by atoms with Gasteiger partial charge >= 0.3 is 5.97 Å². The van der Waals surface area contributed by atoms with Crippen molar-refractivity contribution in [2.45, 2.75) is 38.1 Å². The van der Waals surface area contributed by atoms with Crippen LogP contribution in [0.2, 0.25) is 0 Å². The molecule has 4 nitrogen and oxygen atoms in total. The van der Waals surface area contributed by atoms with Gasteiger partial charge in [-0.2, -0.15) is 0 Å². The fraction of sp³-hybridized carbons (Fsp3) is 0.333. The number of ether oxygens (including phenoxy) is 1. The van der Waals surface area contributed by atoms with Gasteiger partial charge in [0.05, 0.1) is 17.9 Å². The van der Waals surface area contributed by atoms with E-state index in [0.717, 1.165) is 36.9 Å². The summed E-state index contributed by atoms with van der Waals surface area (Å²) < 4.78 is 5.25. The number of rotatable bonds is 4. The molecule has 1 fully saturated rings. The summed E-state index contributed by atoms with van der Waals surface area (Å²) in [5, 5.41) is 0. The smallest absolute Gasteiger partial charge is 0.340 e. The number of hydrogen-bond donors (Lipinski definition) is 0. The first kappa shape index (κ1) is 15.9. The SMILES string of the molecule is CCOC(=O)c1ccccc1N1c2ccc(C=O)cc2C2CCCC21. The van der Waals surface area contributed by atoms with Crippen LogP contribution in [0.1, 0.15) is 58.4 Å². The molecule has 0 radical (unpaired) electrons. The second-order valence-electron chi connectivity index (χ2n) is 6.65. The van der Waals surface area contributed by atoms with Gasteiger partial charge in [-0.3, -0.25) is 4.79 Å². The second kappa shape index (κ2) is 6.36. The number of aldehydes is 1. The van der Waals surface area contributed by atoms with E-state index in [2.05, 4.69) is 4.90 Å². The lowest BCUT2D eigenvalue weighted by Gasteiger charge is -2.28. The van der Waals surface area contributed by atoms with Gasteiger partial charge in [0.15, 0.2) is 0 Å². The normalized spacial score (nSPS) is 20.9. The summed E-state index contributed by atoms with van der Waals surface area (Å²) in [5.74, 6) is 0.135. The zero-order chi connectivity index (χ0) is 17.4. The third kappa shape index (κ3) is 2.53. The molecule has 1 aliphatic carbocycles. The quantitative estimate of drug-likeness (QED) is 0.611. The van der Waals surface area contributed by atoms with Crippen molar-refractivity contribution in [2.75, 3.05) is 11.5 Å². The second-order valence-corrected chi connectivity index (χ2v) is 6.65. The molecule has 2 aliphatic rings. The molecular formula is C21H21NO3. The zero-order valence-electron chi connectivity index (χ0n) is 14.3. The van der Waals surface area contributed by atoms with Crippen LogP contribution in [-0.2, 0) is 4.74 Å². The molecule has 0 saturated heterocycles. The van der Waals surface area contributed by atoms with Crippen LogP contribution in [0.5, 0.6) is 0 Å². The van der Waals surface area contributed by atoms with Gasteiger partial charge in [-0.05, 0) is 55.7 Å². The van der Waals surface area contributed by atoms with Gasteiger partial charge in [-0.15, -0.1) is 0 Å². The molecule has 0 N–H and O–H groups in total. The average molecular weight is 335 g/mol. The molecule has 4 rings (SSSR count). The van der Waals surface area contributed by atoms with Crippen molar-refractivity contribution in [3.63, 3.8) is 0 Å². The number of benzene rings is 2. The lowest BCUT2D eigenvalue weighted by atomic mass is 9.96. The summed E-state index contributed by atoms with van der Waals surface area (Å²) in [6.07, 6.45) is 4.28. The van der Waals surface area contributed by atoms with Crippen molar-refractivity contribution in [3.8, 4) is 0 Å². The van der Waals surface area contributed by atoms with Gasteiger partial charge < -0.3 is 9.64 Å². The van der Waals surface area contributed by atoms with Gasteiger partial charge in [0.2, 0.25) is 0 Å². The number of para-hydroxylation sites is 1. The standard InChI is InChI=1S/C21H21NO3/c1-2-25-21(24)16-6-3-4-8-19(16)22-18-9-5-7-15(18)17-12-14(13-23)10-11-20(17)22/h3-4,6,8,10-13,15,18H,2,5,7,9H2,1H3. The maximum absolute atomic E-state index is 12.4. The maximum Gasteiger partial charge on any atom is 0.340 e. The Hall–Kier alpha value is -2.62. The fourth-order valence-corrected chi connectivity index (χ4v) is 4.33. The first-order valence-corrected chi connectivity index (χ1v) is 8.89. The van der Waals surface area contributed by atoms with Crippen molar-refractivity contribution >= 4 is 23.6 Å². The Balaban J connectivity index is 1.84. The van der Waals surface area contributed by atoms with E-state index in [-0.39, 0.29) is 5.97 Å². The Labute approximate surface area is 147 Å². The van der Waals surface area contributed by atoms with Crippen molar-refractivity contribution in [1.29, 1.82) is 0 Å². The third-order valence-electron chi connectivity index (χ3n) is 5.32. The zero-order valence-corrected chi connectivity index (χ0v) is 14.3.